The van der Waals surface area contributed by atoms with Gasteiger partial charge in [-0.15, -0.1) is 0 Å². The highest BCUT2D eigenvalue weighted by Crippen LogP contribution is 2.35. The Morgan fingerprint density at radius 1 is 0.422 bits per heavy atom. The molecule has 2 aliphatic carbocycles. The number of esters is 4. The Morgan fingerprint density at radius 2 is 0.734 bits per heavy atom. The molecule has 2 aromatic carbocycles. The van der Waals surface area contributed by atoms with E-state index in [-0.39, 0.29) is 24.3 Å². The first kappa shape index (κ1) is 52.5. The number of hydrogen-bond donors (Lipinski definition) is 0. The molecule has 0 heterocycles. The smallest absolute Gasteiger partial charge is 0.352 e. The summed E-state index contributed by atoms with van der Waals surface area (Å²) in [5.41, 5.74) is 0.249. The molecule has 0 bridgehead atoms. The van der Waals surface area contributed by atoms with Gasteiger partial charge >= 0.3 is 23.9 Å². The van der Waals surface area contributed by atoms with Crippen LogP contribution in [-0.2, 0) is 28.5 Å². The van der Waals surface area contributed by atoms with Gasteiger partial charge in [-0.3, -0.25) is 0 Å². The molecule has 0 spiro atoms. The van der Waals surface area contributed by atoms with Crippen LogP contribution in [0.4, 0.5) is 0 Å². The summed E-state index contributed by atoms with van der Waals surface area (Å²) in [4.78, 5) is 54.3. The summed E-state index contributed by atoms with van der Waals surface area (Å²) >= 11 is 0. The van der Waals surface area contributed by atoms with E-state index in [1.54, 1.807) is 48.5 Å². The van der Waals surface area contributed by atoms with E-state index in [4.69, 9.17) is 28.4 Å². The maximum absolute atomic E-state index is 13.6. The molecule has 0 aromatic heterocycles. The molecule has 0 unspecified atom stereocenters. The Morgan fingerprint density at radius 3 is 1.05 bits per heavy atom. The first-order valence-corrected chi connectivity index (χ1v) is 25.4. The van der Waals surface area contributed by atoms with Crippen molar-refractivity contribution in [1.29, 1.82) is 0 Å². The lowest BCUT2D eigenvalue weighted by atomic mass is 9.78. The molecule has 0 N–H and O–H groups in total. The van der Waals surface area contributed by atoms with Gasteiger partial charge in [0.2, 0.25) is 12.2 Å². The number of hydrogen-bond acceptors (Lipinski definition) is 10. The van der Waals surface area contributed by atoms with Crippen molar-refractivity contribution in [3.63, 3.8) is 0 Å². The normalized spacial score (nSPS) is 19.5. The third-order valence-corrected chi connectivity index (χ3v) is 13.3. The van der Waals surface area contributed by atoms with E-state index < -0.39 is 36.1 Å². The minimum atomic E-state index is -1.91. The first-order valence-electron chi connectivity index (χ1n) is 25.4. The van der Waals surface area contributed by atoms with E-state index in [2.05, 4.69) is 13.8 Å². The van der Waals surface area contributed by atoms with Crippen LogP contribution in [0, 0.1) is 23.7 Å². The van der Waals surface area contributed by atoms with Crippen LogP contribution in [0.5, 0.6) is 11.5 Å². The molecule has 64 heavy (non-hydrogen) atoms. The largest absolute Gasteiger partial charge is 0.494 e. The van der Waals surface area contributed by atoms with Gasteiger partial charge in [-0.1, -0.05) is 143 Å². The number of benzene rings is 2. The lowest BCUT2D eigenvalue weighted by Gasteiger charge is -2.28. The van der Waals surface area contributed by atoms with Crippen LogP contribution in [0.1, 0.15) is 203 Å². The number of carbonyl (C=O) groups is 4. The van der Waals surface area contributed by atoms with Gasteiger partial charge < -0.3 is 28.4 Å². The number of rotatable bonds is 31. The second-order valence-electron chi connectivity index (χ2n) is 18.5. The van der Waals surface area contributed by atoms with E-state index in [9.17, 15) is 19.2 Å². The van der Waals surface area contributed by atoms with E-state index in [0.717, 1.165) is 62.2 Å². The summed E-state index contributed by atoms with van der Waals surface area (Å²) < 4.78 is 34.3. The van der Waals surface area contributed by atoms with Crippen molar-refractivity contribution in [3.8, 4) is 11.5 Å². The fourth-order valence-electron chi connectivity index (χ4n) is 9.11. The predicted octanol–water partition coefficient (Wildman–Crippen LogP) is 13.2. The quantitative estimate of drug-likeness (QED) is 0.0410. The highest BCUT2D eigenvalue weighted by Gasteiger charge is 2.43. The van der Waals surface area contributed by atoms with Crippen molar-refractivity contribution >= 4 is 23.9 Å². The molecule has 2 aromatic rings. The minimum Gasteiger partial charge on any atom is -0.494 e. The van der Waals surface area contributed by atoms with Gasteiger partial charge in [-0.2, -0.15) is 0 Å². The van der Waals surface area contributed by atoms with Crippen molar-refractivity contribution in [3.05, 3.63) is 59.7 Å². The standard InChI is InChI=1S/C54H82O10/c1-5-9-13-17-41-21-25-43(26-22-41)19-15-39-59-47-33-29-45(30-34-47)51(55)63-49(53(57)61-37-11-7-3)50(54(58)62-38-12-8-4)64-52(56)46-31-35-48(36-32-46)60-40-16-20-44-27-23-42(24-28-44)18-14-10-6-2/h29-36,41-44,49-50H,5-28,37-40H2,1-4H3/t41?,42?,43?,44?,49-,50-/m1/s1. The Hall–Kier alpha value is -4.08. The van der Waals surface area contributed by atoms with Gasteiger partial charge in [-0.05, 0) is 111 Å². The summed E-state index contributed by atoms with van der Waals surface area (Å²) in [7, 11) is 0. The molecule has 2 atom stereocenters. The van der Waals surface area contributed by atoms with Crippen LogP contribution >= 0.6 is 0 Å². The third-order valence-electron chi connectivity index (χ3n) is 13.3. The maximum atomic E-state index is 13.6. The summed E-state index contributed by atoms with van der Waals surface area (Å²) in [6, 6.07) is 12.9. The maximum Gasteiger partial charge on any atom is 0.352 e. The molecule has 2 fully saturated rings. The van der Waals surface area contributed by atoms with Gasteiger partial charge in [0.25, 0.3) is 0 Å². The summed E-state index contributed by atoms with van der Waals surface area (Å²) in [6.07, 6.45) is 24.3. The molecule has 0 radical (unpaired) electrons. The average Bonchev–Trinajstić information content (AvgIpc) is 3.31. The topological polar surface area (TPSA) is 124 Å². The van der Waals surface area contributed by atoms with E-state index >= 15 is 0 Å². The van der Waals surface area contributed by atoms with E-state index in [1.807, 2.05) is 13.8 Å². The highest BCUT2D eigenvalue weighted by molar-refractivity contribution is 5.96. The third kappa shape index (κ3) is 19.6. The van der Waals surface area contributed by atoms with Gasteiger partial charge in [0.1, 0.15) is 11.5 Å². The molecule has 10 nitrogen and oxygen atoms in total. The lowest BCUT2D eigenvalue weighted by Crippen LogP contribution is -2.47. The van der Waals surface area contributed by atoms with Crippen LogP contribution in [0.2, 0.25) is 0 Å². The molecule has 0 amide bonds. The monoisotopic (exact) mass is 891 g/mol. The number of carbonyl (C=O) groups excluding carboxylic acids is 4. The van der Waals surface area contributed by atoms with Crippen molar-refractivity contribution in [2.75, 3.05) is 26.4 Å². The van der Waals surface area contributed by atoms with Gasteiger partial charge in [-0.25, -0.2) is 19.2 Å². The molecule has 0 aliphatic heterocycles. The van der Waals surface area contributed by atoms with Crippen molar-refractivity contribution < 1.29 is 47.6 Å². The van der Waals surface area contributed by atoms with E-state index in [0.29, 0.717) is 37.6 Å². The Kier molecular flexibility index (Phi) is 25.4. The Bertz CT molecular complexity index is 1470. The Balaban J connectivity index is 1.31. The van der Waals surface area contributed by atoms with Crippen molar-refractivity contribution in [2.45, 2.75) is 194 Å². The zero-order valence-electron chi connectivity index (χ0n) is 40.0. The number of unbranched alkanes of at least 4 members (excludes halogenated alkanes) is 6. The first-order chi connectivity index (χ1) is 31.2. The minimum absolute atomic E-state index is 0.0307. The molecule has 0 saturated heterocycles. The molecule has 10 heteroatoms. The zero-order valence-corrected chi connectivity index (χ0v) is 40.0. The molecular weight excluding hydrogens is 809 g/mol. The Labute approximate surface area is 385 Å². The summed E-state index contributed by atoms with van der Waals surface area (Å²) in [6.45, 7) is 9.62. The summed E-state index contributed by atoms with van der Waals surface area (Å²) in [5.74, 6) is 0.721. The molecule has 358 valence electrons. The molecule has 2 saturated carbocycles. The van der Waals surface area contributed by atoms with Crippen molar-refractivity contribution in [2.24, 2.45) is 23.7 Å². The summed E-state index contributed by atoms with van der Waals surface area (Å²) in [5, 5.41) is 0. The van der Waals surface area contributed by atoms with Crippen LogP contribution < -0.4 is 9.47 Å². The van der Waals surface area contributed by atoms with Crippen LogP contribution in [0.25, 0.3) is 0 Å². The fourth-order valence-corrected chi connectivity index (χ4v) is 9.11. The zero-order chi connectivity index (χ0) is 45.8. The SMILES string of the molecule is CCCCCC1CCC(CCCOc2ccc(C(=O)O[C@@H](C(=O)OCCCC)[C@@H](OC(=O)c3ccc(OCCCC4CCC(CCCCC)CC4)cc3)C(=O)OCCCC)cc2)CC1. The van der Waals surface area contributed by atoms with Crippen LogP contribution in [0.15, 0.2) is 48.5 Å². The van der Waals surface area contributed by atoms with Gasteiger partial charge in [0.15, 0.2) is 0 Å². The predicted molar refractivity (Wildman–Crippen MR) is 252 cm³/mol. The lowest BCUT2D eigenvalue weighted by molar-refractivity contribution is -0.174. The fraction of sp³-hybridized carbons (Fsp3) is 0.704. The second-order valence-corrected chi connectivity index (χ2v) is 18.5. The highest BCUT2D eigenvalue weighted by atomic mass is 16.6. The number of ether oxygens (including phenoxy) is 6. The van der Waals surface area contributed by atoms with Gasteiger partial charge in [0, 0.05) is 0 Å². The van der Waals surface area contributed by atoms with Crippen LogP contribution in [0.3, 0.4) is 0 Å². The van der Waals surface area contributed by atoms with E-state index in [1.165, 1.54) is 103 Å². The molecule has 2 aliphatic rings. The molecule has 4 rings (SSSR count). The second kappa shape index (κ2) is 30.9. The van der Waals surface area contributed by atoms with Crippen LogP contribution in [-0.4, -0.2) is 62.5 Å². The average molecular weight is 891 g/mol. The van der Waals surface area contributed by atoms with Crippen molar-refractivity contribution in [1.82, 2.24) is 0 Å². The molecular formula is C54H82O10. The van der Waals surface area contributed by atoms with Gasteiger partial charge in [0.05, 0.1) is 37.6 Å².